The third-order valence-corrected chi connectivity index (χ3v) is 3.49. The van der Waals surface area contributed by atoms with Crippen molar-refractivity contribution in [3.63, 3.8) is 0 Å². The molecule has 2 heteroatoms. The van der Waals surface area contributed by atoms with Crippen LogP contribution in [0.3, 0.4) is 0 Å². The maximum Gasteiger partial charge on any atom is 0.144 e. The van der Waals surface area contributed by atoms with E-state index in [4.69, 9.17) is 0 Å². The first-order valence-electron chi connectivity index (χ1n) is 4.20. The zero-order valence-corrected chi connectivity index (χ0v) is 7.16. The number of carbonyl (C=O) groups is 1. The summed E-state index contributed by atoms with van der Waals surface area (Å²) >= 11 is 0. The normalized spacial score (nSPS) is 52.5. The molecule has 2 saturated carbocycles. The predicted molar refractivity (Wildman–Crippen MR) is 40.9 cm³/mol. The second kappa shape index (κ2) is 1.69. The number of hydrogen-bond donors (Lipinski definition) is 1. The van der Waals surface area contributed by atoms with Crippen molar-refractivity contribution >= 4 is 5.78 Å². The third-order valence-electron chi connectivity index (χ3n) is 3.49. The Kier molecular flexibility index (Phi) is 1.12. The summed E-state index contributed by atoms with van der Waals surface area (Å²) in [5, 5.41) is 9.69. The van der Waals surface area contributed by atoms with E-state index in [9.17, 15) is 9.90 Å². The maximum absolute atomic E-state index is 11.5. The van der Waals surface area contributed by atoms with Gasteiger partial charge in [0, 0.05) is 11.3 Å². The first-order valence-corrected chi connectivity index (χ1v) is 4.20. The van der Waals surface area contributed by atoms with Crippen LogP contribution in [0.1, 0.15) is 20.8 Å². The topological polar surface area (TPSA) is 37.3 Å². The van der Waals surface area contributed by atoms with Crippen molar-refractivity contribution in [2.75, 3.05) is 0 Å². The van der Waals surface area contributed by atoms with Gasteiger partial charge in [0.1, 0.15) is 5.78 Å². The molecule has 0 aromatic heterocycles. The van der Waals surface area contributed by atoms with Gasteiger partial charge in [0.15, 0.2) is 0 Å². The van der Waals surface area contributed by atoms with Crippen molar-refractivity contribution in [3.8, 4) is 0 Å². The minimum Gasteiger partial charge on any atom is -0.392 e. The van der Waals surface area contributed by atoms with Crippen LogP contribution in [0.25, 0.3) is 0 Å². The molecule has 0 bridgehead atoms. The monoisotopic (exact) mass is 154 g/mol. The third kappa shape index (κ3) is 0.639. The van der Waals surface area contributed by atoms with Gasteiger partial charge in [-0.1, -0.05) is 20.8 Å². The quantitative estimate of drug-likeness (QED) is 0.561. The van der Waals surface area contributed by atoms with Gasteiger partial charge in [-0.25, -0.2) is 0 Å². The first-order chi connectivity index (χ1) is 4.98. The SMILES string of the molecule is C[C@@H]1[C@@H]2C(=O)C(C)(C)[C@@H](O)[C@H]12. The van der Waals surface area contributed by atoms with E-state index in [1.807, 2.05) is 20.8 Å². The molecular formula is C9H14O2. The molecule has 2 aliphatic rings. The van der Waals surface area contributed by atoms with Crippen molar-refractivity contribution in [1.29, 1.82) is 0 Å². The van der Waals surface area contributed by atoms with E-state index in [0.717, 1.165) is 0 Å². The molecule has 0 heterocycles. The van der Waals surface area contributed by atoms with Gasteiger partial charge in [-0.3, -0.25) is 4.79 Å². The number of rotatable bonds is 0. The molecule has 0 aliphatic heterocycles. The first kappa shape index (κ1) is 7.29. The van der Waals surface area contributed by atoms with E-state index in [0.29, 0.717) is 5.92 Å². The van der Waals surface area contributed by atoms with Crippen molar-refractivity contribution in [1.82, 2.24) is 0 Å². The zero-order valence-electron chi connectivity index (χ0n) is 7.16. The molecule has 0 spiro atoms. The summed E-state index contributed by atoms with van der Waals surface area (Å²) < 4.78 is 0. The summed E-state index contributed by atoms with van der Waals surface area (Å²) in [6.45, 7) is 5.74. The largest absolute Gasteiger partial charge is 0.392 e. The minimum absolute atomic E-state index is 0.181. The molecule has 0 saturated heterocycles. The lowest BCUT2D eigenvalue weighted by Crippen LogP contribution is -2.34. The van der Waals surface area contributed by atoms with Crippen LogP contribution >= 0.6 is 0 Å². The minimum atomic E-state index is -0.470. The highest BCUT2D eigenvalue weighted by molar-refractivity contribution is 5.93. The Balaban J connectivity index is 2.30. The molecule has 11 heavy (non-hydrogen) atoms. The Morgan fingerprint density at radius 3 is 2.27 bits per heavy atom. The van der Waals surface area contributed by atoms with Crippen LogP contribution in [0.2, 0.25) is 0 Å². The fourth-order valence-corrected chi connectivity index (χ4v) is 2.45. The van der Waals surface area contributed by atoms with Crippen LogP contribution < -0.4 is 0 Å². The van der Waals surface area contributed by atoms with Crippen molar-refractivity contribution in [3.05, 3.63) is 0 Å². The Hall–Kier alpha value is -0.370. The summed E-state index contributed by atoms with van der Waals surface area (Å²) in [5.41, 5.74) is -0.470. The molecule has 2 aliphatic carbocycles. The van der Waals surface area contributed by atoms with E-state index in [2.05, 4.69) is 0 Å². The number of fused-ring (bicyclic) bond motifs is 1. The fourth-order valence-electron chi connectivity index (χ4n) is 2.45. The lowest BCUT2D eigenvalue weighted by Gasteiger charge is -2.24. The Morgan fingerprint density at radius 2 is 2.00 bits per heavy atom. The average Bonchev–Trinajstić information content (AvgIpc) is 2.52. The van der Waals surface area contributed by atoms with Gasteiger partial charge in [0.2, 0.25) is 0 Å². The number of aliphatic hydroxyl groups excluding tert-OH is 1. The molecule has 0 aromatic carbocycles. The van der Waals surface area contributed by atoms with Crippen molar-refractivity contribution in [2.45, 2.75) is 26.9 Å². The highest BCUT2D eigenvalue weighted by Crippen LogP contribution is 2.61. The average molecular weight is 154 g/mol. The van der Waals surface area contributed by atoms with Crippen LogP contribution in [0.5, 0.6) is 0 Å². The van der Waals surface area contributed by atoms with Crippen LogP contribution in [-0.2, 0) is 4.79 Å². The van der Waals surface area contributed by atoms with E-state index in [1.54, 1.807) is 0 Å². The van der Waals surface area contributed by atoms with Crippen LogP contribution in [0, 0.1) is 23.2 Å². The van der Waals surface area contributed by atoms with Gasteiger partial charge < -0.3 is 5.11 Å². The maximum atomic E-state index is 11.5. The second-order valence-corrected chi connectivity index (χ2v) is 4.49. The molecule has 0 radical (unpaired) electrons. The Morgan fingerprint density at radius 1 is 1.45 bits per heavy atom. The van der Waals surface area contributed by atoms with Crippen LogP contribution in [0.15, 0.2) is 0 Å². The number of ketones is 1. The van der Waals surface area contributed by atoms with Gasteiger partial charge in [0.05, 0.1) is 6.10 Å². The summed E-state index contributed by atoms with van der Waals surface area (Å²) in [5.74, 6) is 1.16. The van der Waals surface area contributed by atoms with Gasteiger partial charge in [-0.2, -0.15) is 0 Å². The van der Waals surface area contributed by atoms with Crippen LogP contribution in [0.4, 0.5) is 0 Å². The second-order valence-electron chi connectivity index (χ2n) is 4.49. The zero-order chi connectivity index (χ0) is 8.39. The Labute approximate surface area is 66.6 Å². The smallest absolute Gasteiger partial charge is 0.144 e. The lowest BCUT2D eigenvalue weighted by atomic mass is 9.83. The molecule has 0 aromatic rings. The fraction of sp³-hybridized carbons (Fsp3) is 0.889. The van der Waals surface area contributed by atoms with Gasteiger partial charge in [-0.05, 0) is 11.8 Å². The summed E-state index contributed by atoms with van der Waals surface area (Å²) in [7, 11) is 0. The Bertz CT molecular complexity index is 220. The van der Waals surface area contributed by atoms with E-state index >= 15 is 0 Å². The highest BCUT2D eigenvalue weighted by atomic mass is 16.3. The highest BCUT2D eigenvalue weighted by Gasteiger charge is 2.67. The van der Waals surface area contributed by atoms with E-state index in [-0.39, 0.29) is 17.6 Å². The van der Waals surface area contributed by atoms with Crippen molar-refractivity contribution in [2.24, 2.45) is 23.2 Å². The standard InChI is InChI=1S/C9H14O2/c1-4-5-6(4)8(11)9(2,3)7(5)10/h4-7,10H,1-3H3/t4-,5+,6-,7-/m0/s1. The summed E-state index contributed by atoms with van der Waals surface area (Å²) in [6.07, 6.45) is -0.394. The molecule has 4 atom stereocenters. The number of hydrogen-bond acceptors (Lipinski definition) is 2. The summed E-state index contributed by atoms with van der Waals surface area (Å²) in [4.78, 5) is 11.5. The number of aliphatic hydroxyl groups is 1. The van der Waals surface area contributed by atoms with E-state index < -0.39 is 11.5 Å². The van der Waals surface area contributed by atoms with E-state index in [1.165, 1.54) is 0 Å². The molecular weight excluding hydrogens is 140 g/mol. The van der Waals surface area contributed by atoms with Crippen LogP contribution in [-0.4, -0.2) is 17.0 Å². The molecule has 2 nitrogen and oxygen atoms in total. The summed E-state index contributed by atoms with van der Waals surface area (Å²) in [6, 6.07) is 0. The molecule has 1 N–H and O–H groups in total. The molecule has 62 valence electrons. The lowest BCUT2D eigenvalue weighted by molar-refractivity contribution is -0.130. The number of Topliss-reactive ketones (excluding diaryl/α,β-unsaturated/α-hetero) is 1. The van der Waals surface area contributed by atoms with Crippen molar-refractivity contribution < 1.29 is 9.90 Å². The molecule has 0 unspecified atom stereocenters. The molecule has 0 amide bonds. The predicted octanol–water partition coefficient (Wildman–Crippen LogP) is 0.838. The van der Waals surface area contributed by atoms with Gasteiger partial charge in [-0.15, -0.1) is 0 Å². The molecule has 2 rings (SSSR count). The van der Waals surface area contributed by atoms with Gasteiger partial charge >= 0.3 is 0 Å². The van der Waals surface area contributed by atoms with Gasteiger partial charge in [0.25, 0.3) is 0 Å². The number of carbonyl (C=O) groups excluding carboxylic acids is 1. The molecule has 2 fully saturated rings.